The zero-order chi connectivity index (χ0) is 19.3. The Morgan fingerprint density at radius 2 is 1.93 bits per heavy atom. The summed E-state index contributed by atoms with van der Waals surface area (Å²) >= 11 is 0. The number of aromatic nitrogens is 1. The maximum atomic E-state index is 5.95. The fourth-order valence-electron chi connectivity index (χ4n) is 4.19. The molecule has 27 heavy (non-hydrogen) atoms. The molecule has 0 bridgehead atoms. The van der Waals surface area contributed by atoms with Gasteiger partial charge >= 0.3 is 0 Å². The van der Waals surface area contributed by atoms with Crippen molar-refractivity contribution in [3.05, 3.63) is 65.5 Å². The third kappa shape index (κ3) is 4.77. The van der Waals surface area contributed by atoms with E-state index in [1.165, 1.54) is 24.0 Å². The van der Waals surface area contributed by atoms with Crippen molar-refractivity contribution in [1.29, 1.82) is 0 Å². The second kappa shape index (κ2) is 8.53. The van der Waals surface area contributed by atoms with Gasteiger partial charge < -0.3 is 4.74 Å². The average molecular weight is 367 g/mol. The summed E-state index contributed by atoms with van der Waals surface area (Å²) in [7, 11) is 0. The molecule has 1 aromatic heterocycles. The van der Waals surface area contributed by atoms with E-state index in [0.717, 1.165) is 38.4 Å². The Labute approximate surface area is 164 Å². The third-order valence-electron chi connectivity index (χ3n) is 6.25. The minimum Gasteiger partial charge on any atom is -0.381 e. The number of pyridine rings is 1. The molecule has 3 nitrogen and oxygen atoms in total. The lowest BCUT2D eigenvalue weighted by Gasteiger charge is -2.38. The minimum atomic E-state index is -0.0125. The molecule has 1 fully saturated rings. The van der Waals surface area contributed by atoms with Gasteiger partial charge in [-0.2, -0.15) is 0 Å². The normalized spacial score (nSPS) is 20.9. The summed E-state index contributed by atoms with van der Waals surface area (Å²) in [6.07, 6.45) is 5.54. The van der Waals surface area contributed by atoms with E-state index in [2.05, 4.69) is 73.1 Å². The predicted molar refractivity (Wildman–Crippen MR) is 112 cm³/mol. The summed E-state index contributed by atoms with van der Waals surface area (Å²) in [5.74, 6) is 0. The van der Waals surface area contributed by atoms with Crippen LogP contribution in [0.25, 0.3) is 0 Å². The molecule has 146 valence electrons. The molecule has 1 aliphatic rings. The third-order valence-corrected chi connectivity index (χ3v) is 6.25. The summed E-state index contributed by atoms with van der Waals surface area (Å²) in [4.78, 5) is 7.16. The second-order valence-corrected chi connectivity index (χ2v) is 8.54. The zero-order valence-corrected chi connectivity index (χ0v) is 17.4. The number of aryl methyl sites for hydroxylation is 2. The molecule has 3 heteroatoms. The van der Waals surface area contributed by atoms with Gasteiger partial charge in [0.25, 0.3) is 0 Å². The summed E-state index contributed by atoms with van der Waals surface area (Å²) in [5, 5.41) is 0. The number of nitrogens with zero attached hydrogens (tertiary/aromatic N) is 2. The van der Waals surface area contributed by atoms with E-state index in [0.29, 0.717) is 0 Å². The first kappa shape index (κ1) is 20.0. The van der Waals surface area contributed by atoms with Crippen molar-refractivity contribution in [3.8, 4) is 0 Å². The smallest absolute Gasteiger partial charge is 0.0535 e. The van der Waals surface area contributed by atoms with Crippen LogP contribution in [-0.2, 0) is 16.7 Å². The van der Waals surface area contributed by atoms with Crippen molar-refractivity contribution in [2.45, 2.75) is 52.5 Å². The SMILES string of the molecule is CCOC[C@]1(CCc2ccccc2)CCN(C(C)(C)c2ccc(C)nc2)C1. The zero-order valence-electron chi connectivity index (χ0n) is 17.4. The van der Waals surface area contributed by atoms with Gasteiger partial charge in [0.1, 0.15) is 0 Å². The Morgan fingerprint density at radius 3 is 2.59 bits per heavy atom. The summed E-state index contributed by atoms with van der Waals surface area (Å²) in [6, 6.07) is 15.2. The number of benzene rings is 1. The van der Waals surface area contributed by atoms with Crippen molar-refractivity contribution in [3.63, 3.8) is 0 Å². The van der Waals surface area contributed by atoms with Crippen molar-refractivity contribution in [1.82, 2.24) is 9.88 Å². The standard InChI is InChI=1S/C24H34N2O/c1-5-27-19-24(14-13-21-9-7-6-8-10-21)15-16-26(18-24)23(3,4)22-12-11-20(2)25-17-22/h6-12,17H,5,13-16,18-19H2,1-4H3/t24-/m1/s1. The molecule has 0 N–H and O–H groups in total. The van der Waals surface area contributed by atoms with Crippen molar-refractivity contribution in [2.24, 2.45) is 5.41 Å². The Balaban J connectivity index is 1.73. The van der Waals surface area contributed by atoms with Gasteiger partial charge in [-0.1, -0.05) is 36.4 Å². The van der Waals surface area contributed by atoms with E-state index in [4.69, 9.17) is 4.74 Å². The first-order valence-electron chi connectivity index (χ1n) is 10.3. The van der Waals surface area contributed by atoms with Gasteiger partial charge in [-0.05, 0) is 70.7 Å². The van der Waals surface area contributed by atoms with Gasteiger partial charge in [0.2, 0.25) is 0 Å². The van der Waals surface area contributed by atoms with Gasteiger partial charge in [-0.15, -0.1) is 0 Å². The fourth-order valence-corrected chi connectivity index (χ4v) is 4.19. The molecule has 1 saturated heterocycles. The first-order chi connectivity index (χ1) is 13.0. The molecule has 1 atom stereocenters. The quantitative estimate of drug-likeness (QED) is 0.658. The monoisotopic (exact) mass is 366 g/mol. The number of rotatable bonds is 8. The van der Waals surface area contributed by atoms with Crippen LogP contribution in [-0.4, -0.2) is 36.2 Å². The van der Waals surface area contributed by atoms with Gasteiger partial charge in [-0.3, -0.25) is 9.88 Å². The molecule has 0 unspecified atom stereocenters. The molecular weight excluding hydrogens is 332 g/mol. The number of hydrogen-bond donors (Lipinski definition) is 0. The molecule has 1 aliphatic heterocycles. The highest BCUT2D eigenvalue weighted by Crippen LogP contribution is 2.41. The molecule has 0 saturated carbocycles. The second-order valence-electron chi connectivity index (χ2n) is 8.54. The highest BCUT2D eigenvalue weighted by atomic mass is 16.5. The van der Waals surface area contributed by atoms with E-state index in [-0.39, 0.29) is 11.0 Å². The number of likely N-dealkylation sites (tertiary alicyclic amines) is 1. The minimum absolute atomic E-state index is 0.0125. The topological polar surface area (TPSA) is 25.4 Å². The Hall–Kier alpha value is -1.71. The molecule has 3 rings (SSSR count). The summed E-state index contributed by atoms with van der Waals surface area (Å²) < 4.78 is 5.95. The van der Waals surface area contributed by atoms with Crippen LogP contribution in [0.1, 0.15) is 50.4 Å². The van der Waals surface area contributed by atoms with E-state index in [9.17, 15) is 0 Å². The van der Waals surface area contributed by atoms with Crippen LogP contribution in [0.2, 0.25) is 0 Å². The van der Waals surface area contributed by atoms with Crippen LogP contribution in [0.5, 0.6) is 0 Å². The van der Waals surface area contributed by atoms with Gasteiger partial charge in [-0.25, -0.2) is 0 Å². The summed E-state index contributed by atoms with van der Waals surface area (Å²) in [6.45, 7) is 12.6. The molecule has 0 amide bonds. The number of ether oxygens (including phenoxy) is 1. The van der Waals surface area contributed by atoms with Gasteiger partial charge in [0.15, 0.2) is 0 Å². The highest BCUT2D eigenvalue weighted by Gasteiger charge is 2.43. The van der Waals surface area contributed by atoms with E-state index in [1.807, 2.05) is 13.1 Å². The van der Waals surface area contributed by atoms with Crippen LogP contribution >= 0.6 is 0 Å². The van der Waals surface area contributed by atoms with Crippen LogP contribution in [0.4, 0.5) is 0 Å². The van der Waals surface area contributed by atoms with Gasteiger partial charge in [0.05, 0.1) is 6.61 Å². The molecule has 2 heterocycles. The van der Waals surface area contributed by atoms with E-state index < -0.39 is 0 Å². The lowest BCUT2D eigenvalue weighted by Crippen LogP contribution is -2.42. The maximum absolute atomic E-state index is 5.95. The predicted octanol–water partition coefficient (Wildman–Crippen LogP) is 4.99. The lowest BCUT2D eigenvalue weighted by atomic mass is 9.81. The Bertz CT molecular complexity index is 711. The van der Waals surface area contributed by atoms with Crippen molar-refractivity contribution < 1.29 is 4.74 Å². The largest absolute Gasteiger partial charge is 0.381 e. The molecule has 0 radical (unpaired) electrons. The Kier molecular flexibility index (Phi) is 6.33. The van der Waals surface area contributed by atoms with Gasteiger partial charge in [0, 0.05) is 36.0 Å². The molecule has 0 aliphatic carbocycles. The maximum Gasteiger partial charge on any atom is 0.0535 e. The van der Waals surface area contributed by atoms with Crippen LogP contribution < -0.4 is 0 Å². The molecule has 0 spiro atoms. The summed E-state index contributed by atoms with van der Waals surface area (Å²) in [5.41, 5.74) is 4.02. The average Bonchev–Trinajstić information content (AvgIpc) is 3.12. The van der Waals surface area contributed by atoms with Crippen LogP contribution in [0.15, 0.2) is 48.7 Å². The number of hydrogen-bond acceptors (Lipinski definition) is 3. The highest BCUT2D eigenvalue weighted by molar-refractivity contribution is 5.22. The molecule has 2 aromatic rings. The van der Waals surface area contributed by atoms with Crippen molar-refractivity contribution in [2.75, 3.05) is 26.3 Å². The lowest BCUT2D eigenvalue weighted by molar-refractivity contribution is 0.0385. The van der Waals surface area contributed by atoms with Crippen LogP contribution in [0, 0.1) is 12.3 Å². The fraction of sp³-hybridized carbons (Fsp3) is 0.542. The van der Waals surface area contributed by atoms with E-state index in [1.54, 1.807) is 0 Å². The molecule has 1 aromatic carbocycles. The molecular formula is C24H34N2O. The van der Waals surface area contributed by atoms with Crippen LogP contribution in [0.3, 0.4) is 0 Å². The Morgan fingerprint density at radius 1 is 1.15 bits per heavy atom. The first-order valence-corrected chi connectivity index (χ1v) is 10.3. The van der Waals surface area contributed by atoms with E-state index >= 15 is 0 Å². The van der Waals surface area contributed by atoms with Crippen molar-refractivity contribution >= 4 is 0 Å².